The van der Waals surface area contributed by atoms with E-state index in [4.69, 9.17) is 5.73 Å². The summed E-state index contributed by atoms with van der Waals surface area (Å²) in [5, 5.41) is 6.21. The maximum Gasteiger partial charge on any atom is 0.435 e. The highest BCUT2D eigenvalue weighted by Gasteiger charge is 2.45. The molecule has 15 heteroatoms. The number of amides is 1. The van der Waals surface area contributed by atoms with Crippen LogP contribution in [0.1, 0.15) is 27.4 Å². The summed E-state index contributed by atoms with van der Waals surface area (Å²) in [6.07, 6.45) is -9.83. The Kier molecular flexibility index (Phi) is 6.11. The molecule has 0 bridgehead atoms. The van der Waals surface area contributed by atoms with Gasteiger partial charge in [0.05, 0.1) is 0 Å². The average molecular weight is 553 g/mol. The molecule has 4 heterocycles. The van der Waals surface area contributed by atoms with E-state index >= 15 is 0 Å². The molecule has 0 spiro atoms. The van der Waals surface area contributed by atoms with Crippen LogP contribution in [-0.4, -0.2) is 45.1 Å². The number of carbonyl (C=O) groups excluding carboxylic acids is 1. The van der Waals surface area contributed by atoms with Crippen molar-refractivity contribution in [2.75, 3.05) is 29.9 Å². The zero-order chi connectivity index (χ0) is 28.2. The fourth-order valence-electron chi connectivity index (χ4n) is 4.43. The Morgan fingerprint density at radius 2 is 1.62 bits per heavy atom. The summed E-state index contributed by atoms with van der Waals surface area (Å²) in [6, 6.07) is 11.1. The largest absolute Gasteiger partial charge is 0.435 e. The van der Waals surface area contributed by atoms with E-state index < -0.39 is 46.5 Å². The number of halogens is 7. The molecule has 1 saturated heterocycles. The molecule has 0 unspecified atom stereocenters. The van der Waals surface area contributed by atoms with E-state index in [1.807, 2.05) is 0 Å². The predicted molar refractivity (Wildman–Crippen MR) is 125 cm³/mol. The van der Waals surface area contributed by atoms with Crippen molar-refractivity contribution in [3.8, 4) is 0 Å². The van der Waals surface area contributed by atoms with Crippen LogP contribution in [0.15, 0.2) is 54.6 Å². The molecular formula is C24H18F7N7O. The van der Waals surface area contributed by atoms with Gasteiger partial charge in [-0.1, -0.05) is 18.2 Å². The SMILES string of the molecule is NC(=O)c1cccc(N2CC(CNc3cc(C(F)(F)F)nc4cc(C(F)(F)F)nn34)(c3ccc(F)cc3)C2)n1. The van der Waals surface area contributed by atoms with Crippen molar-refractivity contribution in [2.45, 2.75) is 17.8 Å². The molecule has 204 valence electrons. The summed E-state index contributed by atoms with van der Waals surface area (Å²) in [5.74, 6) is -1.19. The number of fused-ring (bicyclic) bond motifs is 1. The lowest BCUT2D eigenvalue weighted by molar-refractivity contribution is -0.142. The van der Waals surface area contributed by atoms with Crippen LogP contribution in [0, 0.1) is 5.82 Å². The number of carbonyl (C=O) groups is 1. The van der Waals surface area contributed by atoms with Gasteiger partial charge in [-0.25, -0.2) is 14.4 Å². The lowest BCUT2D eigenvalue weighted by Gasteiger charge is -2.51. The minimum Gasteiger partial charge on any atom is -0.369 e. The zero-order valence-corrected chi connectivity index (χ0v) is 19.7. The molecule has 3 N–H and O–H groups in total. The molecule has 1 fully saturated rings. The lowest BCUT2D eigenvalue weighted by atomic mass is 9.73. The second-order valence-electron chi connectivity index (χ2n) is 9.06. The topological polar surface area (TPSA) is 101 Å². The Bertz CT molecular complexity index is 1540. The third-order valence-electron chi connectivity index (χ3n) is 6.37. The number of nitrogens with two attached hydrogens (primary N) is 1. The molecule has 39 heavy (non-hydrogen) atoms. The van der Waals surface area contributed by atoms with Crippen LogP contribution in [-0.2, 0) is 17.8 Å². The van der Waals surface area contributed by atoms with Gasteiger partial charge in [0.2, 0.25) is 0 Å². The quantitative estimate of drug-likeness (QED) is 0.346. The molecule has 1 aliphatic heterocycles. The van der Waals surface area contributed by atoms with E-state index in [1.165, 1.54) is 30.3 Å². The van der Waals surface area contributed by atoms with Gasteiger partial charge in [0.25, 0.3) is 5.91 Å². The summed E-state index contributed by atoms with van der Waals surface area (Å²) in [6.45, 7) is 0.393. The molecule has 5 rings (SSSR count). The van der Waals surface area contributed by atoms with Gasteiger partial charge in [0, 0.05) is 37.2 Å². The number of nitrogens with one attached hydrogen (secondary N) is 1. The number of aromatic nitrogens is 4. The minimum absolute atomic E-state index is 0.0305. The van der Waals surface area contributed by atoms with Crippen molar-refractivity contribution >= 4 is 23.2 Å². The van der Waals surface area contributed by atoms with E-state index in [9.17, 15) is 35.5 Å². The smallest absolute Gasteiger partial charge is 0.369 e. The van der Waals surface area contributed by atoms with Gasteiger partial charge in [0.1, 0.15) is 23.1 Å². The van der Waals surface area contributed by atoms with Crippen LogP contribution in [0.4, 0.5) is 42.4 Å². The second kappa shape index (κ2) is 9.10. The van der Waals surface area contributed by atoms with E-state index in [0.717, 1.165) is 0 Å². The Morgan fingerprint density at radius 1 is 0.949 bits per heavy atom. The number of nitrogens with zero attached hydrogens (tertiary/aromatic N) is 5. The first-order chi connectivity index (χ1) is 18.2. The van der Waals surface area contributed by atoms with Crippen LogP contribution in [0.5, 0.6) is 0 Å². The standard InChI is InChI=1S/C24H18F7N7O/c25-14-6-4-13(5-7-14)22(11-37(12-22)18-3-1-2-15(34-18)21(32)39)10-33-19-8-16(23(26,27)28)35-20-9-17(24(29,30)31)36-38(19)20/h1-9,33H,10-12H2,(H2,32,39). The number of anilines is 2. The maximum absolute atomic E-state index is 13.6. The van der Waals surface area contributed by atoms with Crippen LogP contribution in [0.2, 0.25) is 0 Å². The monoisotopic (exact) mass is 553 g/mol. The first kappa shape index (κ1) is 26.2. The Hall–Kier alpha value is -4.43. The fourth-order valence-corrected chi connectivity index (χ4v) is 4.43. The Balaban J connectivity index is 1.50. The van der Waals surface area contributed by atoms with Crippen molar-refractivity contribution in [1.82, 2.24) is 19.6 Å². The molecule has 1 aliphatic rings. The molecule has 1 aromatic carbocycles. The third-order valence-corrected chi connectivity index (χ3v) is 6.37. The number of primary amides is 1. The Morgan fingerprint density at radius 3 is 2.23 bits per heavy atom. The van der Waals surface area contributed by atoms with Gasteiger partial charge in [0.15, 0.2) is 17.0 Å². The molecule has 0 aliphatic carbocycles. The highest BCUT2D eigenvalue weighted by molar-refractivity contribution is 5.91. The van der Waals surface area contributed by atoms with Crippen LogP contribution >= 0.6 is 0 Å². The molecule has 0 atom stereocenters. The maximum atomic E-state index is 13.6. The molecule has 8 nitrogen and oxygen atoms in total. The second-order valence-corrected chi connectivity index (χ2v) is 9.06. The Labute approximate surface area is 215 Å². The van der Waals surface area contributed by atoms with E-state index in [1.54, 1.807) is 17.0 Å². The minimum atomic E-state index is -4.93. The highest BCUT2D eigenvalue weighted by Crippen LogP contribution is 2.38. The van der Waals surface area contributed by atoms with Crippen LogP contribution in [0.3, 0.4) is 0 Å². The normalized spacial score (nSPS) is 15.3. The summed E-state index contributed by atoms with van der Waals surface area (Å²) in [5.41, 5.74) is 1.68. The van der Waals surface area contributed by atoms with Crippen molar-refractivity contribution in [3.63, 3.8) is 0 Å². The van der Waals surface area contributed by atoms with Crippen molar-refractivity contribution < 1.29 is 35.5 Å². The lowest BCUT2D eigenvalue weighted by Crippen LogP contribution is -2.63. The third kappa shape index (κ3) is 5.03. The summed E-state index contributed by atoms with van der Waals surface area (Å²) in [7, 11) is 0. The molecule has 0 radical (unpaired) electrons. The number of alkyl halides is 6. The first-order valence-corrected chi connectivity index (χ1v) is 11.3. The fraction of sp³-hybridized carbons (Fsp3) is 0.250. The van der Waals surface area contributed by atoms with E-state index in [2.05, 4.69) is 20.4 Å². The zero-order valence-electron chi connectivity index (χ0n) is 19.7. The van der Waals surface area contributed by atoms with Crippen LogP contribution in [0.25, 0.3) is 5.65 Å². The molecule has 0 saturated carbocycles. The number of pyridine rings is 1. The number of benzene rings is 1. The van der Waals surface area contributed by atoms with Gasteiger partial charge in [-0.05, 0) is 29.8 Å². The molecule has 4 aromatic rings. The summed E-state index contributed by atoms with van der Waals surface area (Å²) >= 11 is 0. The molecular weight excluding hydrogens is 535 g/mol. The van der Waals surface area contributed by atoms with Crippen LogP contribution < -0.4 is 16.0 Å². The van der Waals surface area contributed by atoms with Gasteiger partial charge >= 0.3 is 12.4 Å². The van der Waals surface area contributed by atoms with E-state index in [-0.39, 0.29) is 31.1 Å². The number of hydrogen-bond acceptors (Lipinski definition) is 6. The number of hydrogen-bond donors (Lipinski definition) is 2. The predicted octanol–water partition coefficient (Wildman–Crippen LogP) is 4.27. The van der Waals surface area contributed by atoms with Gasteiger partial charge in [-0.2, -0.15) is 36.0 Å². The summed E-state index contributed by atoms with van der Waals surface area (Å²) in [4.78, 5) is 20.8. The van der Waals surface area contributed by atoms with Crippen molar-refractivity contribution in [1.29, 1.82) is 0 Å². The number of rotatable bonds is 6. The first-order valence-electron chi connectivity index (χ1n) is 11.3. The molecule has 1 amide bonds. The van der Waals surface area contributed by atoms with Gasteiger partial charge < -0.3 is 16.0 Å². The van der Waals surface area contributed by atoms with E-state index in [0.29, 0.717) is 28.0 Å². The van der Waals surface area contributed by atoms with Crippen molar-refractivity contribution in [3.05, 3.63) is 83.1 Å². The van der Waals surface area contributed by atoms with Gasteiger partial charge in [-0.15, -0.1) is 0 Å². The van der Waals surface area contributed by atoms with Crippen molar-refractivity contribution in [2.24, 2.45) is 5.73 Å². The highest BCUT2D eigenvalue weighted by atomic mass is 19.4. The average Bonchev–Trinajstić information content (AvgIpc) is 3.29. The summed E-state index contributed by atoms with van der Waals surface area (Å²) < 4.78 is 94.5. The van der Waals surface area contributed by atoms with Gasteiger partial charge in [-0.3, -0.25) is 4.79 Å². The molecule has 3 aromatic heterocycles.